The summed E-state index contributed by atoms with van der Waals surface area (Å²) < 4.78 is 0. The fourth-order valence-corrected chi connectivity index (χ4v) is 3.72. The maximum Gasteiger partial charge on any atom is 0.223 e. The molecule has 0 radical (unpaired) electrons. The minimum atomic E-state index is 0.313. The number of nitrogens with zero attached hydrogens (tertiary/aromatic N) is 3. The SMILES string of the molecule is CN(CCN(C)C1CCCC1)C(=O)C[C@H]1CCCCN1C. The molecule has 1 amide bonds. The summed E-state index contributed by atoms with van der Waals surface area (Å²) in [7, 11) is 6.34. The number of carbonyl (C=O) groups excluding carboxylic acids is 1. The molecule has 0 N–H and O–H groups in total. The summed E-state index contributed by atoms with van der Waals surface area (Å²) in [4.78, 5) is 19.1. The standard InChI is InChI=1S/C17H33N3O/c1-18-11-7-6-10-16(18)14-17(21)20(3)13-12-19(2)15-8-4-5-9-15/h15-16H,4-14H2,1-3H3/t16-/m1/s1. The predicted molar refractivity (Wildman–Crippen MR) is 87.4 cm³/mol. The Morgan fingerprint density at radius 3 is 2.38 bits per heavy atom. The van der Waals surface area contributed by atoms with Crippen molar-refractivity contribution in [3.8, 4) is 0 Å². The number of rotatable bonds is 6. The van der Waals surface area contributed by atoms with Gasteiger partial charge in [0.25, 0.3) is 0 Å². The first kappa shape index (κ1) is 16.8. The molecule has 0 spiro atoms. The van der Waals surface area contributed by atoms with Crippen LogP contribution in [0.3, 0.4) is 0 Å². The summed E-state index contributed by atoms with van der Waals surface area (Å²) in [5.74, 6) is 0.313. The summed E-state index contributed by atoms with van der Waals surface area (Å²) in [6.07, 6.45) is 9.84. The molecule has 1 aliphatic carbocycles. The highest BCUT2D eigenvalue weighted by atomic mass is 16.2. The van der Waals surface area contributed by atoms with Crippen LogP contribution >= 0.6 is 0 Å². The molecule has 2 aliphatic rings. The molecule has 4 nitrogen and oxygen atoms in total. The van der Waals surface area contributed by atoms with Gasteiger partial charge < -0.3 is 14.7 Å². The Morgan fingerprint density at radius 1 is 1.05 bits per heavy atom. The largest absolute Gasteiger partial charge is 0.344 e. The monoisotopic (exact) mass is 295 g/mol. The van der Waals surface area contributed by atoms with Crippen molar-refractivity contribution < 1.29 is 4.79 Å². The zero-order chi connectivity index (χ0) is 15.2. The van der Waals surface area contributed by atoms with E-state index in [2.05, 4.69) is 23.9 Å². The molecular weight excluding hydrogens is 262 g/mol. The molecule has 2 fully saturated rings. The van der Waals surface area contributed by atoms with Gasteiger partial charge in [0.15, 0.2) is 0 Å². The van der Waals surface area contributed by atoms with Crippen LogP contribution < -0.4 is 0 Å². The third-order valence-corrected chi connectivity index (χ3v) is 5.49. The molecule has 1 saturated heterocycles. The fraction of sp³-hybridized carbons (Fsp3) is 0.941. The molecule has 1 heterocycles. The van der Waals surface area contributed by atoms with E-state index in [0.717, 1.165) is 25.7 Å². The number of hydrogen-bond donors (Lipinski definition) is 0. The molecule has 4 heteroatoms. The van der Waals surface area contributed by atoms with Crippen molar-refractivity contribution in [1.82, 2.24) is 14.7 Å². The Kier molecular flexibility index (Phi) is 6.49. The average Bonchev–Trinajstić information content (AvgIpc) is 3.01. The minimum absolute atomic E-state index is 0.313. The maximum atomic E-state index is 12.4. The number of likely N-dealkylation sites (N-methyl/N-ethyl adjacent to an activating group) is 2. The molecular formula is C17H33N3O. The first-order chi connectivity index (χ1) is 10.1. The second-order valence-electron chi connectivity index (χ2n) is 7.07. The van der Waals surface area contributed by atoms with Crippen LogP contribution in [0.2, 0.25) is 0 Å². The van der Waals surface area contributed by atoms with Crippen molar-refractivity contribution in [2.45, 2.75) is 63.5 Å². The van der Waals surface area contributed by atoms with Gasteiger partial charge in [-0.25, -0.2) is 0 Å². The van der Waals surface area contributed by atoms with E-state index in [9.17, 15) is 4.79 Å². The lowest BCUT2D eigenvalue weighted by atomic mass is 9.99. The van der Waals surface area contributed by atoms with E-state index in [1.165, 1.54) is 44.9 Å². The first-order valence-corrected chi connectivity index (χ1v) is 8.72. The third kappa shape index (κ3) is 4.96. The van der Waals surface area contributed by atoms with E-state index >= 15 is 0 Å². The molecule has 2 rings (SSSR count). The Bertz CT molecular complexity index is 328. The second kappa shape index (κ2) is 8.14. The second-order valence-corrected chi connectivity index (χ2v) is 7.07. The maximum absolute atomic E-state index is 12.4. The van der Waals surface area contributed by atoms with Gasteiger partial charge in [-0.2, -0.15) is 0 Å². The van der Waals surface area contributed by atoms with Gasteiger partial charge in [0, 0.05) is 38.6 Å². The van der Waals surface area contributed by atoms with Crippen molar-refractivity contribution in [3.05, 3.63) is 0 Å². The molecule has 21 heavy (non-hydrogen) atoms. The fourth-order valence-electron chi connectivity index (χ4n) is 3.72. The van der Waals surface area contributed by atoms with Crippen molar-refractivity contribution in [3.63, 3.8) is 0 Å². The van der Waals surface area contributed by atoms with Gasteiger partial charge in [-0.15, -0.1) is 0 Å². The van der Waals surface area contributed by atoms with E-state index in [1.807, 2.05) is 11.9 Å². The summed E-state index contributed by atoms with van der Waals surface area (Å²) in [5, 5.41) is 0. The van der Waals surface area contributed by atoms with Crippen LogP contribution in [0.4, 0.5) is 0 Å². The van der Waals surface area contributed by atoms with E-state index in [1.54, 1.807) is 0 Å². The number of hydrogen-bond acceptors (Lipinski definition) is 3. The van der Waals surface area contributed by atoms with Gasteiger partial charge in [0.1, 0.15) is 0 Å². The highest BCUT2D eigenvalue weighted by Crippen LogP contribution is 2.22. The van der Waals surface area contributed by atoms with Gasteiger partial charge >= 0.3 is 0 Å². The lowest BCUT2D eigenvalue weighted by Crippen LogP contribution is -2.43. The molecule has 0 unspecified atom stereocenters. The molecule has 0 aromatic heterocycles. The number of amides is 1. The quantitative estimate of drug-likeness (QED) is 0.751. The molecule has 122 valence electrons. The van der Waals surface area contributed by atoms with Crippen LogP contribution in [0.1, 0.15) is 51.4 Å². The minimum Gasteiger partial charge on any atom is -0.344 e. The Hall–Kier alpha value is -0.610. The molecule has 1 atom stereocenters. The molecule has 1 saturated carbocycles. The molecule has 0 aromatic rings. The predicted octanol–water partition coefficient (Wildman–Crippen LogP) is 2.19. The molecule has 0 bridgehead atoms. The van der Waals surface area contributed by atoms with Crippen molar-refractivity contribution in [2.75, 3.05) is 40.8 Å². The number of likely N-dealkylation sites (tertiary alicyclic amines) is 1. The molecule has 0 aromatic carbocycles. The highest BCUT2D eigenvalue weighted by Gasteiger charge is 2.24. The van der Waals surface area contributed by atoms with Crippen LogP contribution in [0, 0.1) is 0 Å². The molecule has 1 aliphatic heterocycles. The smallest absolute Gasteiger partial charge is 0.223 e. The Morgan fingerprint density at radius 2 is 1.71 bits per heavy atom. The zero-order valence-electron chi connectivity index (χ0n) is 14.2. The highest BCUT2D eigenvalue weighted by molar-refractivity contribution is 5.76. The van der Waals surface area contributed by atoms with Gasteiger partial charge in [0.05, 0.1) is 0 Å². The van der Waals surface area contributed by atoms with Crippen LogP contribution in [-0.4, -0.2) is 73.5 Å². The van der Waals surface area contributed by atoms with Crippen molar-refractivity contribution in [1.29, 1.82) is 0 Å². The van der Waals surface area contributed by atoms with E-state index in [4.69, 9.17) is 0 Å². The van der Waals surface area contributed by atoms with Crippen LogP contribution in [0.15, 0.2) is 0 Å². The van der Waals surface area contributed by atoms with Crippen LogP contribution in [-0.2, 0) is 4.79 Å². The van der Waals surface area contributed by atoms with Gasteiger partial charge in [-0.05, 0) is 46.3 Å². The Balaban J connectivity index is 1.69. The Labute approximate surface area is 130 Å². The summed E-state index contributed by atoms with van der Waals surface area (Å²) >= 11 is 0. The first-order valence-electron chi connectivity index (χ1n) is 8.72. The van der Waals surface area contributed by atoms with Gasteiger partial charge in [0.2, 0.25) is 5.91 Å². The normalized spacial score (nSPS) is 24.7. The van der Waals surface area contributed by atoms with Crippen LogP contribution in [0.5, 0.6) is 0 Å². The van der Waals surface area contributed by atoms with Crippen molar-refractivity contribution in [2.24, 2.45) is 0 Å². The lowest BCUT2D eigenvalue weighted by Gasteiger charge is -2.33. The van der Waals surface area contributed by atoms with Crippen molar-refractivity contribution >= 4 is 5.91 Å². The third-order valence-electron chi connectivity index (χ3n) is 5.49. The lowest BCUT2D eigenvalue weighted by molar-refractivity contribution is -0.131. The number of carbonyl (C=O) groups is 1. The van der Waals surface area contributed by atoms with Crippen LogP contribution in [0.25, 0.3) is 0 Å². The van der Waals surface area contributed by atoms with Gasteiger partial charge in [-0.3, -0.25) is 4.79 Å². The summed E-state index contributed by atoms with van der Waals surface area (Å²) in [5.41, 5.74) is 0. The summed E-state index contributed by atoms with van der Waals surface area (Å²) in [6, 6.07) is 1.21. The topological polar surface area (TPSA) is 26.8 Å². The van der Waals surface area contributed by atoms with E-state index in [0.29, 0.717) is 18.4 Å². The summed E-state index contributed by atoms with van der Waals surface area (Å²) in [6.45, 7) is 3.02. The van der Waals surface area contributed by atoms with E-state index < -0.39 is 0 Å². The number of piperidine rings is 1. The van der Waals surface area contributed by atoms with Gasteiger partial charge in [-0.1, -0.05) is 19.3 Å². The average molecular weight is 295 g/mol. The zero-order valence-corrected chi connectivity index (χ0v) is 14.2. The van der Waals surface area contributed by atoms with E-state index in [-0.39, 0.29) is 0 Å².